The second-order valence-electron chi connectivity index (χ2n) is 4.15. The van der Waals surface area contributed by atoms with Gasteiger partial charge >= 0.3 is 0 Å². The summed E-state index contributed by atoms with van der Waals surface area (Å²) in [5, 5.41) is 3.43. The number of nitrogens with one attached hydrogen (secondary N) is 1. The highest BCUT2D eigenvalue weighted by atomic mass is 14.8. The van der Waals surface area contributed by atoms with Crippen molar-refractivity contribution in [1.29, 1.82) is 0 Å². The van der Waals surface area contributed by atoms with E-state index in [0.717, 1.165) is 18.4 Å². The molecule has 0 aromatic carbocycles. The molecule has 1 N–H and O–H groups in total. The van der Waals surface area contributed by atoms with E-state index in [1.165, 1.54) is 38.6 Å². The SMILES string of the molecule is CCCCC1CC(CNCC)C1. The van der Waals surface area contributed by atoms with E-state index >= 15 is 0 Å². The highest BCUT2D eigenvalue weighted by Crippen LogP contribution is 2.36. The summed E-state index contributed by atoms with van der Waals surface area (Å²) < 4.78 is 0. The first-order valence-corrected chi connectivity index (χ1v) is 5.57. The van der Waals surface area contributed by atoms with Crippen molar-refractivity contribution in [2.24, 2.45) is 11.8 Å². The molecule has 1 nitrogen and oxygen atoms in total. The molecule has 0 heterocycles. The maximum absolute atomic E-state index is 3.43. The average molecular weight is 169 g/mol. The summed E-state index contributed by atoms with van der Waals surface area (Å²) in [6.45, 7) is 6.87. The minimum atomic E-state index is 1.01. The lowest BCUT2D eigenvalue weighted by Crippen LogP contribution is -2.32. The third-order valence-corrected chi connectivity index (χ3v) is 2.98. The van der Waals surface area contributed by atoms with Gasteiger partial charge in [-0.25, -0.2) is 0 Å². The summed E-state index contributed by atoms with van der Waals surface area (Å²) in [7, 11) is 0. The second kappa shape index (κ2) is 5.58. The molecular weight excluding hydrogens is 146 g/mol. The summed E-state index contributed by atoms with van der Waals surface area (Å²) in [6, 6.07) is 0. The molecule has 0 aliphatic heterocycles. The van der Waals surface area contributed by atoms with Crippen LogP contribution in [-0.2, 0) is 0 Å². The van der Waals surface area contributed by atoms with Crippen molar-refractivity contribution in [2.75, 3.05) is 13.1 Å². The summed E-state index contributed by atoms with van der Waals surface area (Å²) in [5.41, 5.74) is 0. The molecule has 1 aliphatic carbocycles. The molecule has 0 spiro atoms. The van der Waals surface area contributed by atoms with E-state index in [1.807, 2.05) is 0 Å². The van der Waals surface area contributed by atoms with Gasteiger partial charge in [-0.05, 0) is 37.8 Å². The van der Waals surface area contributed by atoms with E-state index in [0.29, 0.717) is 0 Å². The van der Waals surface area contributed by atoms with Gasteiger partial charge in [0, 0.05) is 0 Å². The van der Waals surface area contributed by atoms with Crippen molar-refractivity contribution in [2.45, 2.75) is 46.0 Å². The van der Waals surface area contributed by atoms with Gasteiger partial charge in [0.15, 0.2) is 0 Å². The van der Waals surface area contributed by atoms with Gasteiger partial charge < -0.3 is 5.32 Å². The lowest BCUT2D eigenvalue weighted by atomic mass is 9.72. The van der Waals surface area contributed by atoms with Crippen molar-refractivity contribution in [3.63, 3.8) is 0 Å². The minimum absolute atomic E-state index is 1.01. The molecule has 0 atom stereocenters. The van der Waals surface area contributed by atoms with Crippen LogP contribution in [0, 0.1) is 11.8 Å². The van der Waals surface area contributed by atoms with Crippen LogP contribution in [0.1, 0.15) is 46.0 Å². The van der Waals surface area contributed by atoms with Crippen LogP contribution >= 0.6 is 0 Å². The van der Waals surface area contributed by atoms with Crippen molar-refractivity contribution in [1.82, 2.24) is 5.32 Å². The summed E-state index contributed by atoms with van der Waals surface area (Å²) in [6.07, 6.45) is 7.28. The van der Waals surface area contributed by atoms with Crippen LogP contribution in [0.5, 0.6) is 0 Å². The fourth-order valence-corrected chi connectivity index (χ4v) is 2.12. The quantitative estimate of drug-likeness (QED) is 0.644. The Kier molecular flexibility index (Phi) is 4.67. The molecule has 0 aromatic heterocycles. The Morgan fingerprint density at radius 1 is 1.17 bits per heavy atom. The van der Waals surface area contributed by atoms with Crippen molar-refractivity contribution < 1.29 is 0 Å². The van der Waals surface area contributed by atoms with Gasteiger partial charge in [-0.2, -0.15) is 0 Å². The van der Waals surface area contributed by atoms with Gasteiger partial charge in [-0.3, -0.25) is 0 Å². The number of hydrogen-bond acceptors (Lipinski definition) is 1. The van der Waals surface area contributed by atoms with Crippen LogP contribution in [0.2, 0.25) is 0 Å². The molecule has 0 amide bonds. The smallest absolute Gasteiger partial charge is 0.00204 e. The van der Waals surface area contributed by atoms with Gasteiger partial charge in [-0.15, -0.1) is 0 Å². The molecule has 0 radical (unpaired) electrons. The van der Waals surface area contributed by atoms with E-state index in [9.17, 15) is 0 Å². The van der Waals surface area contributed by atoms with Crippen LogP contribution in [0.3, 0.4) is 0 Å². The fourth-order valence-electron chi connectivity index (χ4n) is 2.12. The van der Waals surface area contributed by atoms with E-state index in [4.69, 9.17) is 0 Å². The zero-order chi connectivity index (χ0) is 8.81. The Bertz CT molecular complexity index is 93.6. The summed E-state index contributed by atoms with van der Waals surface area (Å²) in [4.78, 5) is 0. The molecule has 1 rings (SSSR count). The number of rotatable bonds is 6. The predicted molar refractivity (Wildman–Crippen MR) is 54.3 cm³/mol. The topological polar surface area (TPSA) is 12.0 Å². The number of hydrogen-bond donors (Lipinski definition) is 1. The Balaban J connectivity index is 1.89. The van der Waals surface area contributed by atoms with Gasteiger partial charge in [-0.1, -0.05) is 33.1 Å². The van der Waals surface area contributed by atoms with Crippen LogP contribution < -0.4 is 5.32 Å². The van der Waals surface area contributed by atoms with E-state index < -0.39 is 0 Å². The Hall–Kier alpha value is -0.0400. The van der Waals surface area contributed by atoms with Crippen LogP contribution in [0.15, 0.2) is 0 Å². The second-order valence-corrected chi connectivity index (χ2v) is 4.15. The molecule has 12 heavy (non-hydrogen) atoms. The zero-order valence-electron chi connectivity index (χ0n) is 8.60. The molecule has 1 aliphatic rings. The van der Waals surface area contributed by atoms with Crippen molar-refractivity contribution >= 4 is 0 Å². The van der Waals surface area contributed by atoms with Gasteiger partial charge in [0.25, 0.3) is 0 Å². The Morgan fingerprint density at radius 2 is 1.92 bits per heavy atom. The molecule has 0 bridgehead atoms. The molecule has 72 valence electrons. The Labute approximate surface area is 76.9 Å². The lowest BCUT2D eigenvalue weighted by molar-refractivity contribution is 0.175. The van der Waals surface area contributed by atoms with E-state index in [2.05, 4.69) is 19.2 Å². The third kappa shape index (κ3) is 3.14. The first-order valence-electron chi connectivity index (χ1n) is 5.57. The normalized spacial score (nSPS) is 28.5. The van der Waals surface area contributed by atoms with E-state index in [1.54, 1.807) is 0 Å². The van der Waals surface area contributed by atoms with E-state index in [-0.39, 0.29) is 0 Å². The lowest BCUT2D eigenvalue weighted by Gasteiger charge is -2.35. The monoisotopic (exact) mass is 169 g/mol. The third-order valence-electron chi connectivity index (χ3n) is 2.98. The summed E-state index contributed by atoms with van der Waals surface area (Å²) in [5.74, 6) is 2.08. The van der Waals surface area contributed by atoms with Crippen LogP contribution in [0.25, 0.3) is 0 Å². The minimum Gasteiger partial charge on any atom is -0.317 e. The van der Waals surface area contributed by atoms with Crippen LogP contribution in [-0.4, -0.2) is 13.1 Å². The molecule has 1 fully saturated rings. The molecular formula is C11H23N. The zero-order valence-corrected chi connectivity index (χ0v) is 8.60. The largest absolute Gasteiger partial charge is 0.317 e. The number of unbranched alkanes of at least 4 members (excludes halogenated alkanes) is 1. The Morgan fingerprint density at radius 3 is 2.50 bits per heavy atom. The van der Waals surface area contributed by atoms with Crippen molar-refractivity contribution in [3.05, 3.63) is 0 Å². The molecule has 0 aromatic rings. The fraction of sp³-hybridized carbons (Fsp3) is 1.00. The molecule has 0 saturated heterocycles. The molecule has 0 unspecified atom stereocenters. The summed E-state index contributed by atoms with van der Waals surface area (Å²) >= 11 is 0. The van der Waals surface area contributed by atoms with Crippen molar-refractivity contribution in [3.8, 4) is 0 Å². The van der Waals surface area contributed by atoms with Crippen LogP contribution in [0.4, 0.5) is 0 Å². The van der Waals surface area contributed by atoms with Gasteiger partial charge in [0.05, 0.1) is 0 Å². The predicted octanol–water partition coefficient (Wildman–Crippen LogP) is 2.81. The first kappa shape index (κ1) is 10.0. The standard InChI is InChI=1S/C11H23N/c1-3-5-6-10-7-11(8-10)9-12-4-2/h10-12H,3-9H2,1-2H3. The van der Waals surface area contributed by atoms with Gasteiger partial charge in [0.2, 0.25) is 0 Å². The first-order chi connectivity index (χ1) is 5.86. The van der Waals surface area contributed by atoms with Gasteiger partial charge in [0.1, 0.15) is 0 Å². The maximum atomic E-state index is 3.43. The highest BCUT2D eigenvalue weighted by molar-refractivity contribution is 4.80. The highest BCUT2D eigenvalue weighted by Gasteiger charge is 2.27. The average Bonchev–Trinajstić information content (AvgIpc) is 2.01. The molecule has 1 heteroatoms. The molecule has 1 saturated carbocycles. The maximum Gasteiger partial charge on any atom is -0.00204 e.